The monoisotopic (exact) mass is 334 g/mol. The molecule has 0 saturated heterocycles. The van der Waals surface area contributed by atoms with Crippen LogP contribution >= 0.6 is 0 Å². The fourth-order valence-electron chi connectivity index (χ4n) is 2.46. The van der Waals surface area contributed by atoms with Gasteiger partial charge in [0.15, 0.2) is 5.84 Å². The molecule has 0 aliphatic heterocycles. The third kappa shape index (κ3) is 3.53. The van der Waals surface area contributed by atoms with E-state index in [4.69, 9.17) is 5.84 Å². The quantitative estimate of drug-likeness (QED) is 0.241. The van der Waals surface area contributed by atoms with Gasteiger partial charge < -0.3 is 10.9 Å². The minimum atomic E-state index is -0.479. The molecule has 0 spiro atoms. The second kappa shape index (κ2) is 7.35. The summed E-state index contributed by atoms with van der Waals surface area (Å²) in [6, 6.07) is 20.2. The number of rotatable bonds is 3. The SMILES string of the molecule is NN=NC(=Nc1ccccc1F)c1ccccc1-c1ccccc1O. The highest BCUT2D eigenvalue weighted by Gasteiger charge is 2.14. The Bertz CT molecular complexity index is 953. The summed E-state index contributed by atoms with van der Waals surface area (Å²) >= 11 is 0. The van der Waals surface area contributed by atoms with Crippen molar-refractivity contribution in [3.63, 3.8) is 0 Å². The Balaban J connectivity index is 2.20. The van der Waals surface area contributed by atoms with E-state index in [9.17, 15) is 9.50 Å². The van der Waals surface area contributed by atoms with Crippen LogP contribution in [0.15, 0.2) is 88.1 Å². The molecule has 0 aromatic heterocycles. The average molecular weight is 334 g/mol. The largest absolute Gasteiger partial charge is 0.507 e. The van der Waals surface area contributed by atoms with Gasteiger partial charge in [0, 0.05) is 11.1 Å². The van der Waals surface area contributed by atoms with Crippen molar-refractivity contribution in [2.24, 2.45) is 21.2 Å². The van der Waals surface area contributed by atoms with Crippen molar-refractivity contribution in [3.8, 4) is 16.9 Å². The van der Waals surface area contributed by atoms with Gasteiger partial charge in [-0.15, -0.1) is 5.11 Å². The molecule has 3 aromatic rings. The summed E-state index contributed by atoms with van der Waals surface area (Å²) in [5.41, 5.74) is 1.98. The fourth-order valence-corrected chi connectivity index (χ4v) is 2.46. The number of aromatic hydroxyl groups is 1. The number of phenols is 1. The molecule has 5 nitrogen and oxygen atoms in total. The summed E-state index contributed by atoms with van der Waals surface area (Å²) in [6.07, 6.45) is 0. The second-order valence-electron chi connectivity index (χ2n) is 5.17. The normalized spacial score (nSPS) is 11.8. The van der Waals surface area contributed by atoms with Gasteiger partial charge in [0.2, 0.25) is 0 Å². The number of amidine groups is 1. The lowest BCUT2D eigenvalue weighted by Crippen LogP contribution is -2.01. The lowest BCUT2D eigenvalue weighted by Gasteiger charge is -2.10. The van der Waals surface area contributed by atoms with Crippen LogP contribution in [-0.2, 0) is 0 Å². The third-order valence-electron chi connectivity index (χ3n) is 3.59. The van der Waals surface area contributed by atoms with E-state index in [1.54, 1.807) is 42.5 Å². The molecule has 3 rings (SSSR count). The lowest BCUT2D eigenvalue weighted by atomic mass is 9.98. The number of aliphatic imine (C=N–C) groups is 1. The van der Waals surface area contributed by atoms with Gasteiger partial charge in [-0.05, 0) is 23.8 Å². The molecule has 0 aliphatic carbocycles. The maximum absolute atomic E-state index is 13.9. The summed E-state index contributed by atoms with van der Waals surface area (Å²) in [5, 5.41) is 17.3. The van der Waals surface area contributed by atoms with E-state index in [0.717, 1.165) is 0 Å². The molecule has 0 fully saturated rings. The zero-order valence-electron chi connectivity index (χ0n) is 13.2. The number of halogens is 1. The molecule has 25 heavy (non-hydrogen) atoms. The molecule has 0 amide bonds. The molecule has 0 unspecified atom stereocenters. The molecule has 0 bridgehead atoms. The van der Waals surface area contributed by atoms with Gasteiger partial charge in [-0.3, -0.25) is 0 Å². The Morgan fingerprint density at radius 3 is 2.20 bits per heavy atom. The van der Waals surface area contributed by atoms with Crippen molar-refractivity contribution in [1.82, 2.24) is 0 Å². The Kier molecular flexibility index (Phi) is 4.80. The van der Waals surface area contributed by atoms with Gasteiger partial charge >= 0.3 is 0 Å². The van der Waals surface area contributed by atoms with Gasteiger partial charge in [-0.1, -0.05) is 59.8 Å². The topological polar surface area (TPSA) is 83.3 Å². The van der Waals surface area contributed by atoms with E-state index in [-0.39, 0.29) is 17.3 Å². The van der Waals surface area contributed by atoms with E-state index in [1.165, 1.54) is 12.1 Å². The number of nitrogens with two attached hydrogens (primary N) is 1. The highest BCUT2D eigenvalue weighted by Crippen LogP contribution is 2.32. The van der Waals surface area contributed by atoms with E-state index in [1.807, 2.05) is 18.2 Å². The van der Waals surface area contributed by atoms with Crippen LogP contribution in [0.4, 0.5) is 10.1 Å². The van der Waals surface area contributed by atoms with Crippen molar-refractivity contribution in [1.29, 1.82) is 0 Å². The molecule has 0 atom stereocenters. The van der Waals surface area contributed by atoms with Crippen LogP contribution in [0.2, 0.25) is 0 Å². The first-order chi connectivity index (χ1) is 12.2. The highest BCUT2D eigenvalue weighted by atomic mass is 19.1. The molecule has 0 heterocycles. The first kappa shape index (κ1) is 16.3. The number of benzene rings is 3. The highest BCUT2D eigenvalue weighted by molar-refractivity contribution is 6.06. The minimum Gasteiger partial charge on any atom is -0.507 e. The summed E-state index contributed by atoms with van der Waals surface area (Å²) in [6.45, 7) is 0. The van der Waals surface area contributed by atoms with Crippen LogP contribution in [0.5, 0.6) is 5.75 Å². The number of para-hydroxylation sites is 2. The number of phenolic OH excluding ortho intramolecular Hbond substituents is 1. The van der Waals surface area contributed by atoms with Crippen LogP contribution in [0.3, 0.4) is 0 Å². The lowest BCUT2D eigenvalue weighted by molar-refractivity contribution is 0.477. The maximum Gasteiger partial charge on any atom is 0.184 e. The molecule has 3 aromatic carbocycles. The van der Waals surface area contributed by atoms with Gasteiger partial charge in [-0.25, -0.2) is 9.38 Å². The smallest absolute Gasteiger partial charge is 0.184 e. The minimum absolute atomic E-state index is 0.116. The van der Waals surface area contributed by atoms with E-state index in [0.29, 0.717) is 16.7 Å². The van der Waals surface area contributed by atoms with Crippen LogP contribution in [-0.4, -0.2) is 10.9 Å². The second-order valence-corrected chi connectivity index (χ2v) is 5.17. The zero-order chi connectivity index (χ0) is 17.6. The molecular formula is C19H15FN4O. The van der Waals surface area contributed by atoms with Crippen LogP contribution < -0.4 is 5.84 Å². The predicted octanol–water partition coefficient (Wildman–Crippen LogP) is 4.60. The molecule has 3 N–H and O–H groups in total. The maximum atomic E-state index is 13.9. The Morgan fingerprint density at radius 1 is 0.840 bits per heavy atom. The standard InChI is InChI=1S/C19H15FN4O/c20-16-10-4-5-11-17(16)22-19(23-24-21)15-9-2-1-7-13(15)14-8-3-6-12-18(14)25/h1-12,25H,(H2,21,22,23). The molecule has 0 radical (unpaired) electrons. The third-order valence-corrected chi connectivity index (χ3v) is 3.59. The molecule has 0 saturated carbocycles. The van der Waals surface area contributed by atoms with E-state index in [2.05, 4.69) is 15.3 Å². The van der Waals surface area contributed by atoms with Crippen molar-refractivity contribution in [2.45, 2.75) is 0 Å². The fraction of sp³-hybridized carbons (Fsp3) is 0. The van der Waals surface area contributed by atoms with Gasteiger partial charge in [-0.2, -0.15) is 0 Å². The summed E-state index contributed by atoms with van der Waals surface area (Å²) in [4.78, 5) is 4.25. The molecular weight excluding hydrogens is 319 g/mol. The Labute approximate surface area is 144 Å². The van der Waals surface area contributed by atoms with Crippen molar-refractivity contribution in [3.05, 3.63) is 84.2 Å². The number of hydrogen-bond acceptors (Lipinski definition) is 3. The predicted molar refractivity (Wildman–Crippen MR) is 95.2 cm³/mol. The van der Waals surface area contributed by atoms with Crippen molar-refractivity contribution < 1.29 is 9.50 Å². The zero-order valence-corrected chi connectivity index (χ0v) is 13.2. The first-order valence-electron chi connectivity index (χ1n) is 7.52. The summed E-state index contributed by atoms with van der Waals surface area (Å²) < 4.78 is 13.9. The van der Waals surface area contributed by atoms with Crippen molar-refractivity contribution >= 4 is 11.5 Å². The molecule has 124 valence electrons. The van der Waals surface area contributed by atoms with Gasteiger partial charge in [0.25, 0.3) is 0 Å². The van der Waals surface area contributed by atoms with E-state index >= 15 is 0 Å². The first-order valence-corrected chi connectivity index (χ1v) is 7.52. The van der Waals surface area contributed by atoms with Crippen LogP contribution in [0, 0.1) is 5.82 Å². The van der Waals surface area contributed by atoms with Gasteiger partial charge in [0.1, 0.15) is 17.3 Å². The van der Waals surface area contributed by atoms with Crippen LogP contribution in [0.1, 0.15) is 5.56 Å². The van der Waals surface area contributed by atoms with Crippen molar-refractivity contribution in [2.75, 3.05) is 0 Å². The van der Waals surface area contributed by atoms with Gasteiger partial charge in [0.05, 0.1) is 0 Å². The van der Waals surface area contributed by atoms with Crippen LogP contribution in [0.25, 0.3) is 11.1 Å². The van der Waals surface area contributed by atoms with E-state index < -0.39 is 5.82 Å². The number of nitrogens with zero attached hydrogens (tertiary/aromatic N) is 3. The average Bonchev–Trinajstić information content (AvgIpc) is 2.64. The Hall–Kier alpha value is -3.54. The number of hydrogen-bond donors (Lipinski definition) is 2. The molecule has 6 heteroatoms. The summed E-state index contributed by atoms with van der Waals surface area (Å²) in [7, 11) is 0. The molecule has 0 aliphatic rings. The summed E-state index contributed by atoms with van der Waals surface area (Å²) in [5.74, 6) is 4.99. The Morgan fingerprint density at radius 2 is 1.48 bits per heavy atom.